The van der Waals surface area contributed by atoms with Gasteiger partial charge in [0.15, 0.2) is 0 Å². The highest BCUT2D eigenvalue weighted by Crippen LogP contribution is 2.22. The average molecular weight is 283 g/mol. The normalized spacial score (nSPS) is 11.9. The Morgan fingerprint density at radius 3 is 2.48 bits per heavy atom. The van der Waals surface area contributed by atoms with Crippen LogP contribution in [0.15, 0.2) is 54.6 Å². The first-order valence-electron chi connectivity index (χ1n) is 7.05. The Balaban J connectivity index is 2.04. The van der Waals surface area contributed by atoms with Crippen molar-refractivity contribution in [2.75, 3.05) is 11.9 Å². The highest BCUT2D eigenvalue weighted by molar-refractivity contribution is 5.76. The molecule has 0 aliphatic heterocycles. The molecular weight excluding hydrogens is 262 g/mol. The number of para-hydroxylation sites is 1. The summed E-state index contributed by atoms with van der Waals surface area (Å²) in [4.78, 5) is 10.9. The molecule has 1 atom stereocenters. The number of primary amides is 1. The maximum Gasteiger partial charge on any atom is 0.231 e. The van der Waals surface area contributed by atoms with Crippen molar-refractivity contribution in [1.82, 2.24) is 5.32 Å². The Kier molecular flexibility index (Phi) is 5.35. The number of hydrogen-bond donors (Lipinski definition) is 3. The van der Waals surface area contributed by atoms with E-state index >= 15 is 0 Å². The Bertz CT molecular complexity index is 584. The van der Waals surface area contributed by atoms with Crippen LogP contribution in [0.4, 0.5) is 5.69 Å². The Hall–Kier alpha value is -2.33. The first-order valence-corrected chi connectivity index (χ1v) is 7.05. The third-order valence-corrected chi connectivity index (χ3v) is 3.34. The summed E-state index contributed by atoms with van der Waals surface area (Å²) in [6.45, 7) is 2.96. The van der Waals surface area contributed by atoms with Crippen molar-refractivity contribution in [3.8, 4) is 0 Å². The summed E-state index contributed by atoms with van der Waals surface area (Å²) in [6.07, 6.45) is 0. The van der Waals surface area contributed by atoms with Gasteiger partial charge in [0.1, 0.15) is 0 Å². The van der Waals surface area contributed by atoms with Gasteiger partial charge in [-0.25, -0.2) is 0 Å². The number of carbonyl (C=O) groups excluding carboxylic acids is 1. The van der Waals surface area contributed by atoms with Crippen LogP contribution in [0.1, 0.15) is 24.1 Å². The van der Waals surface area contributed by atoms with Crippen LogP contribution >= 0.6 is 0 Å². The largest absolute Gasteiger partial charge is 0.381 e. The summed E-state index contributed by atoms with van der Waals surface area (Å²) in [7, 11) is 0. The molecule has 2 aromatic rings. The zero-order chi connectivity index (χ0) is 15.1. The molecule has 0 fully saturated rings. The summed E-state index contributed by atoms with van der Waals surface area (Å²) in [6, 6.07) is 18.4. The summed E-state index contributed by atoms with van der Waals surface area (Å²) in [5, 5.41) is 6.56. The monoisotopic (exact) mass is 283 g/mol. The number of hydrogen-bond acceptors (Lipinski definition) is 3. The predicted octanol–water partition coefficient (Wildman–Crippen LogP) is 2.43. The van der Waals surface area contributed by atoms with Gasteiger partial charge in [-0.2, -0.15) is 0 Å². The van der Waals surface area contributed by atoms with Gasteiger partial charge in [0.25, 0.3) is 0 Å². The van der Waals surface area contributed by atoms with Crippen LogP contribution in [-0.2, 0) is 11.3 Å². The number of benzene rings is 2. The summed E-state index contributed by atoms with van der Waals surface area (Å²) < 4.78 is 0. The fourth-order valence-corrected chi connectivity index (χ4v) is 2.19. The maximum absolute atomic E-state index is 10.9. The molecule has 2 rings (SSSR count). The van der Waals surface area contributed by atoms with Crippen LogP contribution < -0.4 is 16.4 Å². The number of amides is 1. The van der Waals surface area contributed by atoms with E-state index in [9.17, 15) is 4.79 Å². The average Bonchev–Trinajstić information content (AvgIpc) is 2.52. The van der Waals surface area contributed by atoms with Gasteiger partial charge in [0, 0.05) is 18.3 Å². The van der Waals surface area contributed by atoms with E-state index < -0.39 is 0 Å². The zero-order valence-electron chi connectivity index (χ0n) is 12.2. The lowest BCUT2D eigenvalue weighted by Gasteiger charge is -2.18. The molecule has 0 saturated heterocycles. The van der Waals surface area contributed by atoms with Crippen molar-refractivity contribution >= 4 is 11.6 Å². The van der Waals surface area contributed by atoms with Gasteiger partial charge in [0.05, 0.1) is 6.54 Å². The van der Waals surface area contributed by atoms with Crippen molar-refractivity contribution in [3.05, 3.63) is 65.7 Å². The summed E-state index contributed by atoms with van der Waals surface area (Å²) in [5.74, 6) is -0.350. The third kappa shape index (κ3) is 4.61. The van der Waals surface area contributed by atoms with Crippen LogP contribution in [0.25, 0.3) is 0 Å². The minimum absolute atomic E-state index is 0.0528. The van der Waals surface area contributed by atoms with Crippen LogP contribution in [0.2, 0.25) is 0 Å². The molecule has 0 aliphatic rings. The lowest BCUT2D eigenvalue weighted by Crippen LogP contribution is -2.30. The van der Waals surface area contributed by atoms with E-state index in [0.717, 1.165) is 17.8 Å². The molecule has 1 amide bonds. The molecule has 0 bridgehead atoms. The number of nitrogens with two attached hydrogens (primary N) is 1. The summed E-state index contributed by atoms with van der Waals surface area (Å²) in [5.41, 5.74) is 8.58. The van der Waals surface area contributed by atoms with Gasteiger partial charge < -0.3 is 16.4 Å². The second-order valence-electron chi connectivity index (χ2n) is 5.00. The van der Waals surface area contributed by atoms with E-state index in [1.807, 2.05) is 49.4 Å². The van der Waals surface area contributed by atoms with Gasteiger partial charge in [-0.05, 0) is 24.1 Å². The molecule has 0 radical (unpaired) electrons. The van der Waals surface area contributed by atoms with Crippen LogP contribution in [0, 0.1) is 0 Å². The van der Waals surface area contributed by atoms with E-state index in [0.29, 0.717) is 0 Å². The molecule has 2 aromatic carbocycles. The molecule has 0 aliphatic carbocycles. The van der Waals surface area contributed by atoms with Crippen LogP contribution in [0.5, 0.6) is 0 Å². The molecule has 4 N–H and O–H groups in total. The number of anilines is 1. The Morgan fingerprint density at radius 1 is 1.10 bits per heavy atom. The van der Waals surface area contributed by atoms with E-state index in [1.165, 1.54) is 5.56 Å². The minimum Gasteiger partial charge on any atom is -0.381 e. The molecule has 0 saturated carbocycles. The van der Waals surface area contributed by atoms with E-state index in [2.05, 4.69) is 22.8 Å². The van der Waals surface area contributed by atoms with Gasteiger partial charge in [0.2, 0.25) is 5.91 Å². The molecule has 0 spiro atoms. The fraction of sp³-hybridized carbons (Fsp3) is 0.235. The highest BCUT2D eigenvalue weighted by atomic mass is 16.1. The second-order valence-corrected chi connectivity index (χ2v) is 5.00. The molecule has 1 unspecified atom stereocenters. The summed E-state index contributed by atoms with van der Waals surface area (Å²) >= 11 is 0. The Labute approximate surface area is 125 Å². The van der Waals surface area contributed by atoms with Crippen molar-refractivity contribution < 1.29 is 4.79 Å². The van der Waals surface area contributed by atoms with E-state index in [4.69, 9.17) is 5.73 Å². The molecule has 4 heteroatoms. The molecule has 4 nitrogen and oxygen atoms in total. The molecule has 0 aromatic heterocycles. The SMILES string of the molecule is CC(NCC(N)=O)c1ccccc1NCc1ccccc1. The molecule has 0 heterocycles. The van der Waals surface area contributed by atoms with Gasteiger partial charge in [-0.3, -0.25) is 4.79 Å². The maximum atomic E-state index is 10.9. The fourth-order valence-electron chi connectivity index (χ4n) is 2.19. The molecular formula is C17H21N3O. The van der Waals surface area contributed by atoms with Crippen molar-refractivity contribution in [2.45, 2.75) is 19.5 Å². The standard InChI is InChI=1S/C17H21N3O/c1-13(19-12-17(18)21)15-9-5-6-10-16(15)20-11-14-7-3-2-4-8-14/h2-10,13,19-20H,11-12H2,1H3,(H2,18,21). The Morgan fingerprint density at radius 2 is 1.76 bits per heavy atom. The molecule has 21 heavy (non-hydrogen) atoms. The predicted molar refractivity (Wildman–Crippen MR) is 85.8 cm³/mol. The third-order valence-electron chi connectivity index (χ3n) is 3.34. The zero-order valence-corrected chi connectivity index (χ0v) is 12.2. The number of nitrogens with one attached hydrogen (secondary N) is 2. The van der Waals surface area contributed by atoms with E-state index in [1.54, 1.807) is 0 Å². The van der Waals surface area contributed by atoms with Crippen molar-refractivity contribution in [2.24, 2.45) is 5.73 Å². The minimum atomic E-state index is -0.350. The second kappa shape index (κ2) is 7.45. The first kappa shape index (κ1) is 15.1. The lowest BCUT2D eigenvalue weighted by atomic mass is 10.1. The molecule has 110 valence electrons. The number of carbonyl (C=O) groups is 1. The van der Waals surface area contributed by atoms with E-state index in [-0.39, 0.29) is 18.5 Å². The quantitative estimate of drug-likeness (QED) is 0.731. The smallest absolute Gasteiger partial charge is 0.231 e. The van der Waals surface area contributed by atoms with Crippen LogP contribution in [-0.4, -0.2) is 12.5 Å². The van der Waals surface area contributed by atoms with Crippen molar-refractivity contribution in [3.63, 3.8) is 0 Å². The topological polar surface area (TPSA) is 67.1 Å². The highest BCUT2D eigenvalue weighted by Gasteiger charge is 2.10. The number of rotatable bonds is 7. The first-order chi connectivity index (χ1) is 10.2. The van der Waals surface area contributed by atoms with Gasteiger partial charge >= 0.3 is 0 Å². The van der Waals surface area contributed by atoms with Gasteiger partial charge in [-0.15, -0.1) is 0 Å². The van der Waals surface area contributed by atoms with Gasteiger partial charge in [-0.1, -0.05) is 48.5 Å². The van der Waals surface area contributed by atoms with Crippen LogP contribution in [0.3, 0.4) is 0 Å². The lowest BCUT2D eigenvalue weighted by molar-refractivity contribution is -0.117. The van der Waals surface area contributed by atoms with Crippen molar-refractivity contribution in [1.29, 1.82) is 0 Å².